The molecule has 1 fully saturated rings. The molecule has 2 atom stereocenters. The Balaban J connectivity index is 2.94. The number of nitrogens with zero attached hydrogens (tertiary/aromatic N) is 2. The monoisotopic (exact) mass is 270 g/mol. The van der Waals surface area contributed by atoms with Crippen molar-refractivity contribution in [1.29, 1.82) is 0 Å². The number of likely N-dealkylation sites (tertiary alicyclic amines) is 1. The summed E-state index contributed by atoms with van der Waals surface area (Å²) in [5.74, 6) is -0.766. The fourth-order valence-corrected chi connectivity index (χ4v) is 3.16. The van der Waals surface area contributed by atoms with Gasteiger partial charge in [-0.1, -0.05) is 6.92 Å². The molecule has 0 aromatic carbocycles. The molecule has 0 aromatic heterocycles. The van der Waals surface area contributed by atoms with Crippen molar-refractivity contribution in [2.45, 2.75) is 58.5 Å². The van der Waals surface area contributed by atoms with Gasteiger partial charge in [-0.25, -0.2) is 0 Å². The van der Waals surface area contributed by atoms with Crippen LogP contribution in [-0.2, 0) is 9.59 Å². The minimum Gasteiger partial charge on any atom is -0.480 e. The van der Waals surface area contributed by atoms with Crippen LogP contribution in [0.2, 0.25) is 0 Å². The molecule has 0 aromatic rings. The van der Waals surface area contributed by atoms with E-state index in [0.29, 0.717) is 32.5 Å². The molecular weight excluding hydrogens is 244 g/mol. The van der Waals surface area contributed by atoms with E-state index >= 15 is 0 Å². The maximum atomic E-state index is 12.4. The van der Waals surface area contributed by atoms with Gasteiger partial charge in [-0.3, -0.25) is 14.5 Å². The summed E-state index contributed by atoms with van der Waals surface area (Å²) in [5, 5.41) is 9.55. The zero-order valence-electron chi connectivity index (χ0n) is 12.5. The Hall–Kier alpha value is -1.10. The van der Waals surface area contributed by atoms with E-state index in [1.165, 1.54) is 0 Å². The molecule has 5 nitrogen and oxygen atoms in total. The van der Waals surface area contributed by atoms with Crippen LogP contribution in [-0.4, -0.2) is 58.0 Å². The van der Waals surface area contributed by atoms with Gasteiger partial charge in [-0.15, -0.1) is 0 Å². The summed E-state index contributed by atoms with van der Waals surface area (Å²) in [5.41, 5.74) is -0.859. The summed E-state index contributed by atoms with van der Waals surface area (Å²) < 4.78 is 0. The molecule has 0 radical (unpaired) electrons. The number of carbonyl (C=O) groups is 2. The number of likely N-dealkylation sites (N-methyl/N-ethyl adjacent to an activating group) is 1. The van der Waals surface area contributed by atoms with Gasteiger partial charge in [-0.05, 0) is 40.0 Å². The maximum absolute atomic E-state index is 12.4. The van der Waals surface area contributed by atoms with Gasteiger partial charge in [0, 0.05) is 19.6 Å². The number of carboxylic acids is 1. The highest BCUT2D eigenvalue weighted by Gasteiger charge is 2.49. The summed E-state index contributed by atoms with van der Waals surface area (Å²) in [6, 6.07) is -0.363. The third kappa shape index (κ3) is 2.76. The van der Waals surface area contributed by atoms with Crippen LogP contribution in [0.3, 0.4) is 0 Å². The van der Waals surface area contributed by atoms with E-state index in [1.54, 1.807) is 4.90 Å². The quantitative estimate of drug-likeness (QED) is 0.796. The molecule has 1 aliphatic rings. The summed E-state index contributed by atoms with van der Waals surface area (Å²) in [7, 11) is 0. The third-order valence-electron chi connectivity index (χ3n) is 4.42. The molecule has 0 aliphatic carbocycles. The maximum Gasteiger partial charge on any atom is 0.324 e. The number of hydrogen-bond acceptors (Lipinski definition) is 3. The molecule has 1 aliphatic heterocycles. The Kier molecular flexibility index (Phi) is 5.35. The summed E-state index contributed by atoms with van der Waals surface area (Å²) in [6.07, 6.45) is 2.02. The molecule has 0 saturated carbocycles. The van der Waals surface area contributed by atoms with Crippen molar-refractivity contribution >= 4 is 11.9 Å². The topological polar surface area (TPSA) is 60.9 Å². The second kappa shape index (κ2) is 6.37. The minimum absolute atomic E-state index is 0.0333. The number of amides is 1. The van der Waals surface area contributed by atoms with Crippen LogP contribution in [0.25, 0.3) is 0 Å². The van der Waals surface area contributed by atoms with E-state index in [4.69, 9.17) is 0 Å². The first-order chi connectivity index (χ1) is 8.94. The Bertz CT molecular complexity index is 342. The number of aliphatic carboxylic acids is 1. The van der Waals surface area contributed by atoms with E-state index in [1.807, 2.05) is 32.6 Å². The lowest BCUT2D eigenvalue weighted by Crippen LogP contribution is -2.58. The molecule has 0 bridgehead atoms. The van der Waals surface area contributed by atoms with E-state index < -0.39 is 11.5 Å². The van der Waals surface area contributed by atoms with Crippen LogP contribution in [0.5, 0.6) is 0 Å². The third-order valence-corrected chi connectivity index (χ3v) is 4.42. The number of carboxylic acid groups (broad SMARTS) is 1. The second-order valence-corrected chi connectivity index (χ2v) is 5.17. The van der Waals surface area contributed by atoms with Crippen LogP contribution < -0.4 is 0 Å². The highest BCUT2D eigenvalue weighted by atomic mass is 16.4. The molecule has 1 saturated heterocycles. The van der Waals surface area contributed by atoms with Crippen LogP contribution in [0, 0.1) is 0 Å². The first kappa shape index (κ1) is 16.0. The molecular formula is C14H26N2O3. The van der Waals surface area contributed by atoms with Gasteiger partial charge in [0.2, 0.25) is 5.91 Å². The molecule has 1 N–H and O–H groups in total. The van der Waals surface area contributed by atoms with E-state index in [0.717, 1.165) is 6.42 Å². The summed E-state index contributed by atoms with van der Waals surface area (Å²) >= 11 is 0. The molecule has 1 amide bonds. The lowest BCUT2D eigenvalue weighted by molar-refractivity contribution is -0.154. The second-order valence-electron chi connectivity index (χ2n) is 5.17. The molecule has 110 valence electrons. The zero-order valence-corrected chi connectivity index (χ0v) is 12.5. The fraction of sp³-hybridized carbons (Fsp3) is 0.857. The summed E-state index contributed by atoms with van der Waals surface area (Å²) in [6.45, 7) is 9.64. The first-order valence-electron chi connectivity index (χ1n) is 7.23. The van der Waals surface area contributed by atoms with Crippen LogP contribution in [0.15, 0.2) is 0 Å². The molecule has 2 unspecified atom stereocenters. The molecule has 1 rings (SSSR count). The average Bonchev–Trinajstić information content (AvgIpc) is 2.84. The molecule has 5 heteroatoms. The van der Waals surface area contributed by atoms with Crippen LogP contribution >= 0.6 is 0 Å². The van der Waals surface area contributed by atoms with Gasteiger partial charge >= 0.3 is 5.97 Å². The molecule has 0 spiro atoms. The highest BCUT2D eigenvalue weighted by Crippen LogP contribution is 2.34. The predicted molar refractivity (Wildman–Crippen MR) is 74.0 cm³/mol. The first-order valence-corrected chi connectivity index (χ1v) is 7.23. The van der Waals surface area contributed by atoms with Gasteiger partial charge in [0.25, 0.3) is 0 Å². The van der Waals surface area contributed by atoms with Crippen molar-refractivity contribution in [1.82, 2.24) is 9.80 Å². The smallest absolute Gasteiger partial charge is 0.324 e. The predicted octanol–water partition coefficient (Wildman–Crippen LogP) is 1.57. The van der Waals surface area contributed by atoms with Crippen molar-refractivity contribution in [3.63, 3.8) is 0 Å². The summed E-state index contributed by atoms with van der Waals surface area (Å²) in [4.78, 5) is 27.7. The van der Waals surface area contributed by atoms with Crippen molar-refractivity contribution in [3.05, 3.63) is 0 Å². The minimum atomic E-state index is -0.859. The Morgan fingerprint density at radius 1 is 1.32 bits per heavy atom. The van der Waals surface area contributed by atoms with E-state index in [2.05, 4.69) is 0 Å². The lowest BCUT2D eigenvalue weighted by atomic mass is 9.92. The largest absolute Gasteiger partial charge is 0.480 e. The van der Waals surface area contributed by atoms with Gasteiger partial charge in [0.05, 0.1) is 6.04 Å². The van der Waals surface area contributed by atoms with Crippen LogP contribution in [0.1, 0.15) is 47.0 Å². The number of carbonyl (C=O) groups excluding carboxylic acids is 1. The Labute approximate surface area is 115 Å². The number of rotatable bonds is 6. The van der Waals surface area contributed by atoms with Gasteiger partial charge in [0.1, 0.15) is 5.54 Å². The van der Waals surface area contributed by atoms with Crippen LogP contribution in [0.4, 0.5) is 0 Å². The molecule has 19 heavy (non-hydrogen) atoms. The standard InChI is InChI=1S/C14H26N2O3/c1-5-14(13(18)19)9-8-10-16(14)11(4)12(17)15(6-2)7-3/h11H,5-10H2,1-4H3,(H,18,19). The van der Waals surface area contributed by atoms with E-state index in [-0.39, 0.29) is 11.9 Å². The average molecular weight is 270 g/mol. The fourth-order valence-electron chi connectivity index (χ4n) is 3.16. The van der Waals surface area contributed by atoms with Gasteiger partial charge in [0.15, 0.2) is 0 Å². The Morgan fingerprint density at radius 2 is 1.89 bits per heavy atom. The van der Waals surface area contributed by atoms with Gasteiger partial charge < -0.3 is 10.0 Å². The number of hydrogen-bond donors (Lipinski definition) is 1. The van der Waals surface area contributed by atoms with Crippen molar-refractivity contribution in [2.75, 3.05) is 19.6 Å². The van der Waals surface area contributed by atoms with E-state index in [9.17, 15) is 14.7 Å². The van der Waals surface area contributed by atoms with Crippen molar-refractivity contribution in [2.24, 2.45) is 0 Å². The van der Waals surface area contributed by atoms with Crippen molar-refractivity contribution < 1.29 is 14.7 Å². The van der Waals surface area contributed by atoms with Crippen molar-refractivity contribution in [3.8, 4) is 0 Å². The lowest BCUT2D eigenvalue weighted by Gasteiger charge is -2.39. The SMILES string of the molecule is CCN(CC)C(=O)C(C)N1CCCC1(CC)C(=O)O. The Morgan fingerprint density at radius 3 is 2.32 bits per heavy atom. The normalized spacial score (nSPS) is 25.3. The molecule has 1 heterocycles. The highest BCUT2D eigenvalue weighted by molar-refractivity contribution is 5.84. The zero-order chi connectivity index (χ0) is 14.6. The van der Waals surface area contributed by atoms with Gasteiger partial charge in [-0.2, -0.15) is 0 Å².